The first-order chi connectivity index (χ1) is 0. The molecule has 9 heavy (non-hydrogen) atoms. The van der Waals surface area contributed by atoms with Gasteiger partial charge in [-0.05, 0) is 0 Å². The standard InChI is InChI=1S/La.Mn.5O.Sr.Y/q+3;+2;5*-2;+2;+3. The second-order valence-electron chi connectivity index (χ2n) is 0. The monoisotopic (exact) mass is 451 g/mol. The van der Waals surface area contributed by atoms with Crippen LogP contribution in [0.2, 0.25) is 0 Å². The van der Waals surface area contributed by atoms with Gasteiger partial charge in [0.15, 0.2) is 0 Å². The summed E-state index contributed by atoms with van der Waals surface area (Å²) < 4.78 is 0. The minimum Gasteiger partial charge on any atom is -2.00 e. The van der Waals surface area contributed by atoms with E-state index in [-0.39, 0.29) is 158 Å². The van der Waals surface area contributed by atoms with Gasteiger partial charge in [0, 0.05) is 0 Å². The molecule has 0 saturated heterocycles. The van der Waals surface area contributed by atoms with Crippen LogP contribution < -0.4 is 0 Å². The largest absolute Gasteiger partial charge is 3.00 e. The molecule has 0 bridgehead atoms. The van der Waals surface area contributed by atoms with Crippen molar-refractivity contribution in [1.82, 2.24) is 0 Å². The van der Waals surface area contributed by atoms with E-state index >= 15 is 0 Å². The molecule has 45 valence electrons. The molecule has 0 amide bonds. The molecule has 0 fully saturated rings. The van der Waals surface area contributed by atoms with Crippen LogP contribution in [0.4, 0.5) is 0 Å². The van der Waals surface area contributed by atoms with Crippen molar-refractivity contribution in [2.75, 3.05) is 0 Å². The molecule has 9 heteroatoms. The van der Waals surface area contributed by atoms with E-state index in [0.717, 1.165) is 0 Å². The number of rotatable bonds is 0. The molecule has 0 spiro atoms. The third kappa shape index (κ3) is 73.4. The van der Waals surface area contributed by atoms with Crippen molar-refractivity contribution in [3.8, 4) is 0 Å². The summed E-state index contributed by atoms with van der Waals surface area (Å²) in [6.45, 7) is 0. The minimum absolute atomic E-state index is 0. The zero-order chi connectivity index (χ0) is 0. The van der Waals surface area contributed by atoms with Crippen molar-refractivity contribution in [2.45, 2.75) is 0 Å². The van der Waals surface area contributed by atoms with Crippen LogP contribution in [-0.2, 0) is 77.2 Å². The number of hydrogen-bond acceptors (Lipinski definition) is 0. The Bertz CT molecular complexity index is 16.9. The fourth-order valence-corrected chi connectivity index (χ4v) is 0. The summed E-state index contributed by atoms with van der Waals surface area (Å²) in [6, 6.07) is 0. The van der Waals surface area contributed by atoms with Gasteiger partial charge in [-0.3, -0.25) is 0 Å². The van der Waals surface area contributed by atoms with Gasteiger partial charge in [-0.25, -0.2) is 0 Å². The third-order valence-electron chi connectivity index (χ3n) is 0. The first-order valence-corrected chi connectivity index (χ1v) is 0. The maximum atomic E-state index is 0. The van der Waals surface area contributed by atoms with Crippen LogP contribution in [-0.4, -0.2) is 45.5 Å². The van der Waals surface area contributed by atoms with Gasteiger partial charge in [0.1, 0.15) is 0 Å². The van der Waals surface area contributed by atoms with E-state index in [1.807, 2.05) is 0 Å². The fraction of sp³-hybridized carbons (Fsp3) is 0. The zero-order valence-electron chi connectivity index (χ0n) is 4.28. The number of hydrogen-bond donors (Lipinski definition) is 0. The molecule has 0 N–H and O–H groups in total. The van der Waals surface area contributed by atoms with Crippen molar-refractivity contribution < 1.29 is 113 Å². The molecular formula is LaMnO5SrY. The molecule has 0 aromatic carbocycles. The summed E-state index contributed by atoms with van der Waals surface area (Å²) in [5.41, 5.74) is 0. The molecule has 0 heterocycles. The Morgan fingerprint density at radius 1 is 0.556 bits per heavy atom. The van der Waals surface area contributed by atoms with Crippen molar-refractivity contribution in [3.63, 3.8) is 0 Å². The summed E-state index contributed by atoms with van der Waals surface area (Å²) in [4.78, 5) is 0. The molecule has 0 aromatic rings. The molecule has 0 atom stereocenters. The summed E-state index contributed by atoms with van der Waals surface area (Å²) in [5, 5.41) is 0. The Morgan fingerprint density at radius 3 is 0.556 bits per heavy atom. The smallest absolute Gasteiger partial charge is 2.00 e. The van der Waals surface area contributed by atoms with Crippen LogP contribution in [0, 0.1) is 35.6 Å². The molecule has 5 nitrogen and oxygen atoms in total. The van der Waals surface area contributed by atoms with Gasteiger partial charge < -0.3 is 27.4 Å². The Morgan fingerprint density at radius 2 is 0.556 bits per heavy atom. The Hall–Kier alpha value is 4.10. The van der Waals surface area contributed by atoms with Crippen LogP contribution in [0.25, 0.3) is 0 Å². The van der Waals surface area contributed by atoms with Crippen molar-refractivity contribution in [3.05, 3.63) is 0 Å². The molecule has 0 unspecified atom stereocenters. The average molecular weight is 450 g/mol. The van der Waals surface area contributed by atoms with Gasteiger partial charge in [0.05, 0.1) is 0 Å². The van der Waals surface area contributed by atoms with E-state index in [4.69, 9.17) is 0 Å². The molecule has 0 rings (SSSR count). The molecule has 0 saturated carbocycles. The van der Waals surface area contributed by atoms with E-state index in [9.17, 15) is 0 Å². The van der Waals surface area contributed by atoms with Crippen molar-refractivity contribution >= 4 is 45.5 Å². The van der Waals surface area contributed by atoms with E-state index in [0.29, 0.717) is 0 Å². The van der Waals surface area contributed by atoms with Crippen LogP contribution in [0.1, 0.15) is 0 Å². The second-order valence-corrected chi connectivity index (χ2v) is 0. The van der Waals surface area contributed by atoms with Gasteiger partial charge in [-0.15, -0.1) is 0 Å². The molecular weight excluding hydrogens is 450 g/mol. The fourth-order valence-electron chi connectivity index (χ4n) is 0. The molecule has 0 aliphatic heterocycles. The quantitative estimate of drug-likeness (QED) is 0.418. The molecule has 0 aliphatic rings. The van der Waals surface area contributed by atoms with Crippen molar-refractivity contribution in [1.29, 1.82) is 0 Å². The second kappa shape index (κ2) is 88.7. The SMILES string of the molecule is [La+3].[Mn+2].[O-2].[O-2].[O-2].[O-2].[O-2].[Sr+2].[Y+3]. The Labute approximate surface area is 154 Å². The van der Waals surface area contributed by atoms with E-state index < -0.39 is 0 Å². The zero-order valence-corrected chi connectivity index (χ0v) is 15.4. The average Bonchev–Trinajstić information content (AvgIpc) is 0. The topological polar surface area (TPSA) is 142 Å². The van der Waals surface area contributed by atoms with Gasteiger partial charge in [0.2, 0.25) is 0 Å². The Balaban J connectivity index is 0. The summed E-state index contributed by atoms with van der Waals surface area (Å²) in [7, 11) is 0. The predicted molar refractivity (Wildman–Crippen MR) is 9.19 cm³/mol. The van der Waals surface area contributed by atoms with Crippen LogP contribution in [0.5, 0.6) is 0 Å². The van der Waals surface area contributed by atoms with Crippen LogP contribution in [0.3, 0.4) is 0 Å². The summed E-state index contributed by atoms with van der Waals surface area (Å²) in [5.74, 6) is 0. The van der Waals surface area contributed by atoms with Gasteiger partial charge >= 0.3 is 131 Å². The minimum atomic E-state index is 0. The normalized spacial score (nSPS) is 0. The van der Waals surface area contributed by atoms with Crippen LogP contribution >= 0.6 is 0 Å². The van der Waals surface area contributed by atoms with E-state index in [1.165, 1.54) is 0 Å². The summed E-state index contributed by atoms with van der Waals surface area (Å²) >= 11 is 0. The van der Waals surface area contributed by atoms with Crippen molar-refractivity contribution in [2.24, 2.45) is 0 Å². The molecule has 1 radical (unpaired) electrons. The maximum Gasteiger partial charge on any atom is 3.00 e. The maximum absolute atomic E-state index is 0. The predicted octanol–water partition coefficient (Wildman–Crippen LogP) is -0.980. The van der Waals surface area contributed by atoms with E-state index in [1.54, 1.807) is 0 Å². The van der Waals surface area contributed by atoms with Crippen LogP contribution in [0.15, 0.2) is 0 Å². The van der Waals surface area contributed by atoms with Gasteiger partial charge in [0.25, 0.3) is 0 Å². The van der Waals surface area contributed by atoms with E-state index in [2.05, 4.69) is 0 Å². The molecule has 0 aliphatic carbocycles. The van der Waals surface area contributed by atoms with Gasteiger partial charge in [-0.1, -0.05) is 0 Å². The first-order valence-electron chi connectivity index (χ1n) is 0. The molecule has 0 aromatic heterocycles. The Kier molecular flexibility index (Phi) is 1130. The summed E-state index contributed by atoms with van der Waals surface area (Å²) in [6.07, 6.45) is 0. The van der Waals surface area contributed by atoms with Gasteiger partial charge in [-0.2, -0.15) is 0 Å². The first kappa shape index (κ1) is 114. The third-order valence-corrected chi connectivity index (χ3v) is 0.